The Kier molecular flexibility index (Phi) is 9.48. The topological polar surface area (TPSA) is 59.6 Å². The van der Waals surface area contributed by atoms with Gasteiger partial charge < -0.3 is 15.8 Å². The molecule has 1 atom stereocenters. The molecule has 0 aliphatic rings. The molecule has 0 radical (unpaired) electrons. The average Bonchev–Trinajstić information content (AvgIpc) is 2.37. The number of hydrogen-bond acceptors (Lipinski definition) is 2. The summed E-state index contributed by atoms with van der Waals surface area (Å²) in [5, 5.41) is 3.11. The van der Waals surface area contributed by atoms with Crippen LogP contribution in [0.4, 0.5) is 0 Å². The van der Waals surface area contributed by atoms with Gasteiger partial charge in [-0.3, -0.25) is 4.99 Å². The van der Waals surface area contributed by atoms with Crippen LogP contribution in [-0.2, 0) is 10.2 Å². The molecular formula is C15H25BrIN3O. The first-order valence-electron chi connectivity index (χ1n) is 6.66. The van der Waals surface area contributed by atoms with Gasteiger partial charge in [0.1, 0.15) is 0 Å². The number of methoxy groups -OCH3 is 1. The first kappa shape index (κ1) is 20.7. The molecule has 0 fully saturated rings. The van der Waals surface area contributed by atoms with E-state index >= 15 is 0 Å². The van der Waals surface area contributed by atoms with E-state index in [1.807, 2.05) is 19.1 Å². The van der Waals surface area contributed by atoms with Crippen LogP contribution in [0.5, 0.6) is 0 Å². The van der Waals surface area contributed by atoms with Gasteiger partial charge in [-0.1, -0.05) is 41.9 Å². The first-order valence-corrected chi connectivity index (χ1v) is 7.46. The monoisotopic (exact) mass is 469 g/mol. The third-order valence-electron chi connectivity index (χ3n) is 3.08. The molecule has 1 rings (SSSR count). The summed E-state index contributed by atoms with van der Waals surface area (Å²) in [7, 11) is 1.67. The van der Waals surface area contributed by atoms with Crippen LogP contribution in [-0.4, -0.2) is 32.3 Å². The number of nitrogens with zero attached hydrogens (tertiary/aromatic N) is 1. The summed E-state index contributed by atoms with van der Waals surface area (Å²) in [4.78, 5) is 4.43. The molecule has 3 N–H and O–H groups in total. The van der Waals surface area contributed by atoms with E-state index in [0.29, 0.717) is 19.1 Å². The second-order valence-corrected chi connectivity index (χ2v) is 6.51. The van der Waals surface area contributed by atoms with Crippen molar-refractivity contribution in [3.63, 3.8) is 0 Å². The van der Waals surface area contributed by atoms with Crippen molar-refractivity contribution in [1.82, 2.24) is 5.32 Å². The maximum absolute atomic E-state index is 5.89. The lowest BCUT2D eigenvalue weighted by Gasteiger charge is -2.24. The quantitative estimate of drug-likeness (QED) is 0.382. The van der Waals surface area contributed by atoms with E-state index in [-0.39, 0.29) is 35.4 Å². The highest BCUT2D eigenvalue weighted by Crippen LogP contribution is 2.24. The summed E-state index contributed by atoms with van der Waals surface area (Å²) in [5.41, 5.74) is 7.07. The van der Waals surface area contributed by atoms with Gasteiger partial charge in [0.05, 0.1) is 13.2 Å². The molecule has 4 nitrogen and oxygen atoms in total. The van der Waals surface area contributed by atoms with Crippen molar-refractivity contribution in [2.75, 3.05) is 20.3 Å². The molecule has 1 unspecified atom stereocenters. The molecule has 120 valence electrons. The van der Waals surface area contributed by atoms with E-state index in [1.54, 1.807) is 7.11 Å². The lowest BCUT2D eigenvalue weighted by Crippen LogP contribution is -2.41. The fourth-order valence-electron chi connectivity index (χ4n) is 1.86. The standard InChI is InChI=1S/C15H24BrN3O.HI/c1-11(9-20-4)19-14(17)18-10-15(2,3)12-5-7-13(16)8-6-12;/h5-8,11H,9-10H2,1-4H3,(H3,17,18,19);1H. The molecule has 0 aromatic heterocycles. The summed E-state index contributed by atoms with van der Waals surface area (Å²) in [6, 6.07) is 8.46. The lowest BCUT2D eigenvalue weighted by molar-refractivity contribution is 0.179. The Bertz CT molecular complexity index is 449. The fourth-order valence-corrected chi connectivity index (χ4v) is 2.13. The SMILES string of the molecule is COCC(C)NC(N)=NCC(C)(C)c1ccc(Br)cc1.I. The number of hydrogen-bond donors (Lipinski definition) is 2. The zero-order valence-corrected chi connectivity index (χ0v) is 16.9. The number of guanidine groups is 1. The molecule has 0 amide bonds. The molecule has 0 bridgehead atoms. The van der Waals surface area contributed by atoms with Crippen molar-refractivity contribution in [3.8, 4) is 0 Å². The van der Waals surface area contributed by atoms with Crippen LogP contribution in [0.2, 0.25) is 0 Å². The van der Waals surface area contributed by atoms with Gasteiger partial charge >= 0.3 is 0 Å². The van der Waals surface area contributed by atoms with Crippen LogP contribution in [0.15, 0.2) is 33.7 Å². The Hall–Kier alpha value is -0.340. The summed E-state index contributed by atoms with van der Waals surface area (Å²) in [5.74, 6) is 0.458. The Balaban J connectivity index is 0.00000400. The van der Waals surface area contributed by atoms with Crippen LogP contribution in [0, 0.1) is 0 Å². The van der Waals surface area contributed by atoms with Gasteiger partial charge in [-0.25, -0.2) is 0 Å². The van der Waals surface area contributed by atoms with Crippen molar-refractivity contribution in [1.29, 1.82) is 0 Å². The van der Waals surface area contributed by atoms with Crippen molar-refractivity contribution < 1.29 is 4.74 Å². The summed E-state index contributed by atoms with van der Waals surface area (Å²) < 4.78 is 6.13. The first-order chi connectivity index (χ1) is 9.35. The van der Waals surface area contributed by atoms with Crippen LogP contribution < -0.4 is 11.1 Å². The smallest absolute Gasteiger partial charge is 0.188 e. The molecule has 0 aliphatic carbocycles. The van der Waals surface area contributed by atoms with Crippen molar-refractivity contribution >= 4 is 45.9 Å². The van der Waals surface area contributed by atoms with E-state index in [4.69, 9.17) is 10.5 Å². The van der Waals surface area contributed by atoms with E-state index in [0.717, 1.165) is 4.47 Å². The van der Waals surface area contributed by atoms with Gasteiger partial charge in [-0.05, 0) is 24.6 Å². The van der Waals surface area contributed by atoms with Crippen molar-refractivity contribution in [3.05, 3.63) is 34.3 Å². The third-order valence-corrected chi connectivity index (χ3v) is 3.61. The lowest BCUT2D eigenvalue weighted by atomic mass is 9.85. The Labute approximate surface area is 153 Å². The number of nitrogens with two attached hydrogens (primary N) is 1. The van der Waals surface area contributed by atoms with E-state index in [1.165, 1.54) is 5.56 Å². The van der Waals surface area contributed by atoms with Gasteiger partial charge in [-0.15, -0.1) is 24.0 Å². The highest BCUT2D eigenvalue weighted by molar-refractivity contribution is 14.0. The molecular weight excluding hydrogens is 445 g/mol. The van der Waals surface area contributed by atoms with Crippen LogP contribution >= 0.6 is 39.9 Å². The molecule has 21 heavy (non-hydrogen) atoms. The van der Waals surface area contributed by atoms with Crippen molar-refractivity contribution in [2.24, 2.45) is 10.7 Å². The molecule has 0 aliphatic heterocycles. The largest absolute Gasteiger partial charge is 0.383 e. The number of rotatable bonds is 6. The highest BCUT2D eigenvalue weighted by atomic mass is 127. The Morgan fingerprint density at radius 1 is 1.38 bits per heavy atom. The van der Waals surface area contributed by atoms with Gasteiger partial charge in [0.2, 0.25) is 0 Å². The predicted octanol–water partition coefficient (Wildman–Crippen LogP) is 3.28. The van der Waals surface area contributed by atoms with Crippen LogP contribution in [0.25, 0.3) is 0 Å². The van der Waals surface area contributed by atoms with Crippen LogP contribution in [0.1, 0.15) is 26.3 Å². The summed E-state index contributed by atoms with van der Waals surface area (Å²) in [6.07, 6.45) is 0. The van der Waals surface area contributed by atoms with E-state index in [9.17, 15) is 0 Å². The normalized spacial score (nSPS) is 13.5. The van der Waals surface area contributed by atoms with E-state index < -0.39 is 0 Å². The maximum Gasteiger partial charge on any atom is 0.188 e. The number of aliphatic imine (C=N–C) groups is 1. The molecule has 6 heteroatoms. The second kappa shape index (κ2) is 9.63. The molecule has 0 saturated heterocycles. The molecule has 0 spiro atoms. The second-order valence-electron chi connectivity index (χ2n) is 5.59. The third kappa shape index (κ3) is 7.46. The minimum Gasteiger partial charge on any atom is -0.383 e. The predicted molar refractivity (Wildman–Crippen MR) is 104 cm³/mol. The molecule has 1 aromatic carbocycles. The summed E-state index contributed by atoms with van der Waals surface area (Å²) in [6.45, 7) is 7.56. The molecule has 0 saturated carbocycles. The molecule has 0 heterocycles. The van der Waals surface area contributed by atoms with Gasteiger partial charge in [-0.2, -0.15) is 0 Å². The Morgan fingerprint density at radius 2 is 1.95 bits per heavy atom. The number of ether oxygens (including phenoxy) is 1. The van der Waals surface area contributed by atoms with Gasteiger partial charge in [0.25, 0.3) is 0 Å². The minimum absolute atomic E-state index is 0. The maximum atomic E-state index is 5.89. The van der Waals surface area contributed by atoms with Crippen molar-refractivity contribution in [2.45, 2.75) is 32.2 Å². The minimum atomic E-state index is -0.0580. The average molecular weight is 470 g/mol. The Morgan fingerprint density at radius 3 is 2.48 bits per heavy atom. The van der Waals surface area contributed by atoms with Gasteiger partial charge in [0.15, 0.2) is 5.96 Å². The summed E-state index contributed by atoms with van der Waals surface area (Å²) >= 11 is 3.45. The van der Waals surface area contributed by atoms with Crippen LogP contribution in [0.3, 0.4) is 0 Å². The fraction of sp³-hybridized carbons (Fsp3) is 0.533. The van der Waals surface area contributed by atoms with E-state index in [2.05, 4.69) is 52.2 Å². The number of halogens is 2. The number of benzene rings is 1. The zero-order valence-electron chi connectivity index (χ0n) is 13.0. The van der Waals surface area contributed by atoms with Gasteiger partial charge in [0, 0.05) is 23.0 Å². The highest BCUT2D eigenvalue weighted by Gasteiger charge is 2.20. The molecule has 1 aromatic rings. The number of nitrogens with one attached hydrogen (secondary N) is 1. The zero-order chi connectivity index (χ0) is 15.2.